The third-order valence-corrected chi connectivity index (χ3v) is 2.06. The van der Waals surface area contributed by atoms with E-state index >= 15 is 0 Å². The smallest absolute Gasteiger partial charge is 0.343 e. The summed E-state index contributed by atoms with van der Waals surface area (Å²) in [7, 11) is 1.35. The Labute approximate surface area is 85.2 Å². The van der Waals surface area contributed by atoms with E-state index in [-0.39, 0.29) is 29.5 Å². The van der Waals surface area contributed by atoms with Gasteiger partial charge in [0, 0.05) is 6.07 Å². The maximum absolute atomic E-state index is 11.0. The first-order chi connectivity index (χ1) is 7.15. The third kappa shape index (κ3) is 1.30. The Hall–Kier alpha value is -2.11. The van der Waals surface area contributed by atoms with Crippen LogP contribution in [0.1, 0.15) is 10.4 Å². The molecule has 1 aliphatic rings. The van der Waals surface area contributed by atoms with Crippen LogP contribution in [0.25, 0.3) is 0 Å². The zero-order valence-corrected chi connectivity index (χ0v) is 7.94. The molecule has 1 heterocycles. The van der Waals surface area contributed by atoms with Gasteiger partial charge >= 0.3 is 5.97 Å². The van der Waals surface area contributed by atoms with Crippen molar-refractivity contribution in [2.45, 2.75) is 0 Å². The standard InChI is InChI=1S/C9H9NO5/c1-13-7-4(10)2-5-8(15-3-14-5)6(7)9(11)12/h2H,3,10H2,1H3,(H,11,12). The van der Waals surface area contributed by atoms with Gasteiger partial charge in [0.1, 0.15) is 5.56 Å². The lowest BCUT2D eigenvalue weighted by molar-refractivity contribution is 0.0688. The molecule has 0 atom stereocenters. The number of aromatic carboxylic acids is 1. The number of nitrogen functional groups attached to an aromatic ring is 1. The molecule has 0 unspecified atom stereocenters. The highest BCUT2D eigenvalue weighted by atomic mass is 16.7. The second kappa shape index (κ2) is 3.23. The predicted octanol–water partition coefficient (Wildman–Crippen LogP) is 0.704. The molecule has 80 valence electrons. The average molecular weight is 211 g/mol. The fraction of sp³-hybridized carbons (Fsp3) is 0.222. The molecule has 1 aromatic carbocycles. The number of hydrogen-bond donors (Lipinski definition) is 2. The maximum Gasteiger partial charge on any atom is 0.343 e. The highest BCUT2D eigenvalue weighted by Crippen LogP contribution is 2.44. The van der Waals surface area contributed by atoms with Crippen LogP contribution in [0.3, 0.4) is 0 Å². The molecule has 0 aliphatic carbocycles. The molecule has 3 N–H and O–H groups in total. The highest BCUT2D eigenvalue weighted by Gasteiger charge is 2.28. The molecule has 1 aliphatic heterocycles. The van der Waals surface area contributed by atoms with Crippen molar-refractivity contribution < 1.29 is 24.1 Å². The highest BCUT2D eigenvalue weighted by molar-refractivity contribution is 5.98. The topological polar surface area (TPSA) is 91.0 Å². The summed E-state index contributed by atoms with van der Waals surface area (Å²) in [5, 5.41) is 9.01. The Balaban J connectivity index is 2.71. The molecule has 0 spiro atoms. The molecule has 15 heavy (non-hydrogen) atoms. The van der Waals surface area contributed by atoms with E-state index in [1.54, 1.807) is 0 Å². The number of carbonyl (C=O) groups is 1. The summed E-state index contributed by atoms with van der Waals surface area (Å²) < 4.78 is 15.0. The van der Waals surface area contributed by atoms with Crippen LogP contribution >= 0.6 is 0 Å². The molecular weight excluding hydrogens is 202 g/mol. The van der Waals surface area contributed by atoms with Crippen LogP contribution < -0.4 is 19.9 Å². The lowest BCUT2D eigenvalue weighted by atomic mass is 10.1. The van der Waals surface area contributed by atoms with Crippen LogP contribution in [0.4, 0.5) is 5.69 Å². The van der Waals surface area contributed by atoms with Crippen molar-refractivity contribution in [1.82, 2.24) is 0 Å². The van der Waals surface area contributed by atoms with Crippen molar-refractivity contribution >= 4 is 11.7 Å². The van der Waals surface area contributed by atoms with Gasteiger partial charge in [-0.05, 0) is 0 Å². The maximum atomic E-state index is 11.0. The second-order valence-corrected chi connectivity index (χ2v) is 2.91. The van der Waals surface area contributed by atoms with Gasteiger partial charge in [-0.2, -0.15) is 0 Å². The number of hydrogen-bond acceptors (Lipinski definition) is 5. The minimum Gasteiger partial charge on any atom is -0.494 e. The van der Waals surface area contributed by atoms with Crippen LogP contribution in [0.5, 0.6) is 17.2 Å². The molecule has 6 heteroatoms. The minimum atomic E-state index is -1.17. The summed E-state index contributed by atoms with van der Waals surface area (Å²) >= 11 is 0. The Kier molecular flexibility index (Phi) is 2.03. The molecule has 0 saturated heterocycles. The number of nitrogens with two attached hydrogens (primary N) is 1. The summed E-state index contributed by atoms with van der Waals surface area (Å²) in [4.78, 5) is 11.0. The van der Waals surface area contributed by atoms with Crippen LogP contribution in [0.15, 0.2) is 6.07 Å². The van der Waals surface area contributed by atoms with Gasteiger partial charge < -0.3 is 25.1 Å². The number of ether oxygens (including phenoxy) is 3. The quantitative estimate of drug-likeness (QED) is 0.700. The van der Waals surface area contributed by atoms with E-state index in [0.717, 1.165) is 0 Å². The van der Waals surface area contributed by atoms with E-state index in [0.29, 0.717) is 5.75 Å². The van der Waals surface area contributed by atoms with Crippen molar-refractivity contribution in [3.63, 3.8) is 0 Å². The second-order valence-electron chi connectivity index (χ2n) is 2.91. The van der Waals surface area contributed by atoms with E-state index in [2.05, 4.69) is 0 Å². The molecule has 0 saturated carbocycles. The number of carboxylic acids is 1. The molecule has 0 radical (unpaired) electrons. The zero-order chi connectivity index (χ0) is 11.0. The van der Waals surface area contributed by atoms with Crippen molar-refractivity contribution in [2.75, 3.05) is 19.6 Å². The summed E-state index contributed by atoms with van der Waals surface area (Å²) in [6.45, 7) is -0.0117. The average Bonchev–Trinajstić information content (AvgIpc) is 2.62. The molecular formula is C9H9NO5. The van der Waals surface area contributed by atoms with E-state index in [4.69, 9.17) is 25.1 Å². The van der Waals surface area contributed by atoms with Crippen LogP contribution in [0.2, 0.25) is 0 Å². The number of carboxylic acid groups (broad SMARTS) is 1. The van der Waals surface area contributed by atoms with Crippen molar-refractivity contribution in [3.05, 3.63) is 11.6 Å². The molecule has 0 amide bonds. The first-order valence-electron chi connectivity index (χ1n) is 4.14. The Morgan fingerprint density at radius 1 is 1.60 bits per heavy atom. The normalized spacial score (nSPS) is 12.6. The Morgan fingerprint density at radius 2 is 2.33 bits per heavy atom. The monoisotopic (exact) mass is 211 g/mol. The van der Waals surface area contributed by atoms with E-state index in [1.807, 2.05) is 0 Å². The SMILES string of the molecule is COc1c(N)cc2c(c1C(=O)O)OCO2. The first-order valence-corrected chi connectivity index (χ1v) is 4.14. The summed E-state index contributed by atoms with van der Waals surface area (Å²) in [6, 6.07) is 1.48. The molecule has 0 aromatic heterocycles. The van der Waals surface area contributed by atoms with Crippen LogP contribution in [-0.2, 0) is 0 Å². The molecule has 0 fully saturated rings. The van der Waals surface area contributed by atoms with Gasteiger partial charge in [0.05, 0.1) is 12.8 Å². The fourth-order valence-electron chi connectivity index (χ4n) is 1.46. The van der Waals surface area contributed by atoms with Gasteiger partial charge in [-0.1, -0.05) is 0 Å². The lowest BCUT2D eigenvalue weighted by Crippen LogP contribution is -2.05. The van der Waals surface area contributed by atoms with Crippen molar-refractivity contribution in [1.29, 1.82) is 0 Å². The number of methoxy groups -OCH3 is 1. The van der Waals surface area contributed by atoms with Gasteiger partial charge in [-0.15, -0.1) is 0 Å². The third-order valence-electron chi connectivity index (χ3n) is 2.06. The van der Waals surface area contributed by atoms with E-state index < -0.39 is 5.97 Å². The molecule has 2 rings (SSSR count). The molecule has 0 bridgehead atoms. The van der Waals surface area contributed by atoms with Gasteiger partial charge in [-0.3, -0.25) is 0 Å². The van der Waals surface area contributed by atoms with Gasteiger partial charge in [0.15, 0.2) is 17.2 Å². The molecule has 1 aromatic rings. The summed E-state index contributed by atoms with van der Waals surface area (Å²) in [6.07, 6.45) is 0. The number of anilines is 1. The predicted molar refractivity (Wildman–Crippen MR) is 50.5 cm³/mol. The summed E-state index contributed by atoms with van der Waals surface area (Å²) in [5.74, 6) is -0.591. The first kappa shape index (κ1) is 9.45. The number of benzene rings is 1. The van der Waals surface area contributed by atoms with Gasteiger partial charge in [0.2, 0.25) is 6.79 Å². The van der Waals surface area contributed by atoms with Crippen LogP contribution in [0, 0.1) is 0 Å². The number of fused-ring (bicyclic) bond motifs is 1. The largest absolute Gasteiger partial charge is 0.494 e. The number of rotatable bonds is 2. The minimum absolute atomic E-state index is 0.0117. The van der Waals surface area contributed by atoms with Crippen LogP contribution in [-0.4, -0.2) is 25.0 Å². The van der Waals surface area contributed by atoms with E-state index in [9.17, 15) is 4.79 Å². The Morgan fingerprint density at radius 3 is 2.93 bits per heavy atom. The lowest BCUT2D eigenvalue weighted by Gasteiger charge is -2.10. The fourth-order valence-corrected chi connectivity index (χ4v) is 1.46. The molecule has 6 nitrogen and oxygen atoms in total. The van der Waals surface area contributed by atoms with Gasteiger partial charge in [0.25, 0.3) is 0 Å². The Bertz CT molecular complexity index is 425. The summed E-state index contributed by atoms with van der Waals surface area (Å²) in [5.41, 5.74) is 5.72. The van der Waals surface area contributed by atoms with Crippen molar-refractivity contribution in [2.24, 2.45) is 0 Å². The van der Waals surface area contributed by atoms with Crippen molar-refractivity contribution in [3.8, 4) is 17.2 Å². The van der Waals surface area contributed by atoms with Gasteiger partial charge in [-0.25, -0.2) is 4.79 Å². The van der Waals surface area contributed by atoms with E-state index in [1.165, 1.54) is 13.2 Å². The zero-order valence-electron chi connectivity index (χ0n) is 7.94.